The van der Waals surface area contributed by atoms with Crippen molar-refractivity contribution in [3.05, 3.63) is 28.7 Å². The van der Waals surface area contributed by atoms with Crippen LogP contribution in [0.15, 0.2) is 23.1 Å². The minimum absolute atomic E-state index is 0.000636. The second-order valence-corrected chi connectivity index (χ2v) is 6.11. The normalized spacial score (nSPS) is 26.6. The summed E-state index contributed by atoms with van der Waals surface area (Å²) in [5.74, 6) is 1.58. The number of rotatable bonds is 5. The summed E-state index contributed by atoms with van der Waals surface area (Å²) in [6.45, 7) is 6.02. The summed E-state index contributed by atoms with van der Waals surface area (Å²) in [4.78, 5) is 11.6. The quantitative estimate of drug-likeness (QED) is 0.842. The van der Waals surface area contributed by atoms with E-state index >= 15 is 0 Å². The van der Waals surface area contributed by atoms with Crippen molar-refractivity contribution in [3.8, 4) is 0 Å². The molecule has 0 radical (unpaired) electrons. The molecule has 2 N–H and O–H groups in total. The highest BCUT2D eigenvalue weighted by molar-refractivity contribution is 5.33. The predicted octanol–water partition coefficient (Wildman–Crippen LogP) is 2.66. The van der Waals surface area contributed by atoms with Crippen molar-refractivity contribution in [2.45, 2.75) is 52.2 Å². The highest BCUT2D eigenvalue weighted by atomic mass is 16.5. The average molecular weight is 278 g/mol. The summed E-state index contributed by atoms with van der Waals surface area (Å²) in [5.41, 5.74) is 6.31. The molecule has 4 nitrogen and oxygen atoms in total. The average Bonchev–Trinajstić information content (AvgIpc) is 2.42. The van der Waals surface area contributed by atoms with Crippen molar-refractivity contribution >= 4 is 5.69 Å². The Morgan fingerprint density at radius 3 is 2.85 bits per heavy atom. The molecule has 2 rings (SSSR count). The zero-order chi connectivity index (χ0) is 14.5. The predicted molar refractivity (Wildman–Crippen MR) is 81.7 cm³/mol. The number of hydrogen-bond acceptors (Lipinski definition) is 3. The van der Waals surface area contributed by atoms with Crippen LogP contribution in [-0.2, 0) is 11.3 Å². The molecule has 1 aliphatic rings. The van der Waals surface area contributed by atoms with Crippen molar-refractivity contribution in [2.75, 3.05) is 12.3 Å². The van der Waals surface area contributed by atoms with Crippen LogP contribution in [0.3, 0.4) is 0 Å². The Morgan fingerprint density at radius 2 is 2.10 bits per heavy atom. The largest absolute Gasteiger partial charge is 0.398 e. The van der Waals surface area contributed by atoms with Crippen LogP contribution in [0, 0.1) is 11.8 Å². The lowest BCUT2D eigenvalue weighted by Crippen LogP contribution is -2.27. The summed E-state index contributed by atoms with van der Waals surface area (Å²) in [6, 6.07) is 3.15. The van der Waals surface area contributed by atoms with Gasteiger partial charge in [-0.25, -0.2) is 0 Å². The monoisotopic (exact) mass is 278 g/mol. The molecule has 3 atom stereocenters. The lowest BCUT2D eigenvalue weighted by molar-refractivity contribution is 0.000489. The van der Waals surface area contributed by atoms with Crippen LogP contribution < -0.4 is 11.3 Å². The molecule has 0 spiro atoms. The van der Waals surface area contributed by atoms with Gasteiger partial charge in [-0.05, 0) is 43.6 Å². The van der Waals surface area contributed by atoms with Gasteiger partial charge in [0.1, 0.15) is 0 Å². The number of nitrogen functional groups attached to an aromatic ring is 1. The van der Waals surface area contributed by atoms with Gasteiger partial charge in [-0.3, -0.25) is 4.79 Å². The smallest absolute Gasteiger partial charge is 0.250 e. The van der Waals surface area contributed by atoms with Crippen molar-refractivity contribution in [2.24, 2.45) is 11.8 Å². The fourth-order valence-corrected chi connectivity index (χ4v) is 2.86. The van der Waals surface area contributed by atoms with E-state index in [1.54, 1.807) is 16.8 Å². The molecule has 1 aromatic heterocycles. The van der Waals surface area contributed by atoms with E-state index in [9.17, 15) is 4.79 Å². The first-order valence-electron chi connectivity index (χ1n) is 7.64. The van der Waals surface area contributed by atoms with Gasteiger partial charge in [0.2, 0.25) is 0 Å². The number of aryl methyl sites for hydroxylation is 1. The number of nitrogens with zero attached hydrogens (tertiary/aromatic N) is 1. The molecule has 0 aliphatic heterocycles. The first-order valence-corrected chi connectivity index (χ1v) is 7.64. The van der Waals surface area contributed by atoms with Crippen LogP contribution in [0.2, 0.25) is 0 Å². The zero-order valence-corrected chi connectivity index (χ0v) is 12.5. The Morgan fingerprint density at radius 1 is 1.30 bits per heavy atom. The fraction of sp³-hybridized carbons (Fsp3) is 0.688. The van der Waals surface area contributed by atoms with Gasteiger partial charge in [0.05, 0.1) is 6.10 Å². The van der Waals surface area contributed by atoms with Gasteiger partial charge in [-0.15, -0.1) is 0 Å². The van der Waals surface area contributed by atoms with Gasteiger partial charge in [0.15, 0.2) is 0 Å². The number of ether oxygens (including phenoxy) is 1. The molecule has 3 unspecified atom stereocenters. The molecule has 1 heterocycles. The summed E-state index contributed by atoms with van der Waals surface area (Å²) in [6.07, 6.45) is 6.55. The standard InChI is InChI=1S/C16H26N2O2/c1-12-4-6-15(10-13(12)2)20-9-3-8-18-11-14(17)5-7-16(18)19/h5,7,11-13,15H,3-4,6,8-10,17H2,1-2H3. The molecule has 0 saturated heterocycles. The molecule has 112 valence electrons. The van der Waals surface area contributed by atoms with Crippen molar-refractivity contribution in [1.82, 2.24) is 4.57 Å². The van der Waals surface area contributed by atoms with Gasteiger partial charge in [0.25, 0.3) is 5.56 Å². The van der Waals surface area contributed by atoms with Gasteiger partial charge >= 0.3 is 0 Å². The Hall–Kier alpha value is -1.29. The van der Waals surface area contributed by atoms with Gasteiger partial charge in [0, 0.05) is 31.1 Å². The molecule has 1 fully saturated rings. The van der Waals surface area contributed by atoms with E-state index in [4.69, 9.17) is 10.5 Å². The highest BCUT2D eigenvalue weighted by Gasteiger charge is 2.24. The zero-order valence-electron chi connectivity index (χ0n) is 12.5. The SMILES string of the molecule is CC1CCC(OCCCn2cc(N)ccc2=O)CC1C. The van der Waals surface area contributed by atoms with E-state index in [1.807, 2.05) is 0 Å². The number of pyridine rings is 1. The third kappa shape index (κ3) is 4.10. The summed E-state index contributed by atoms with van der Waals surface area (Å²) >= 11 is 0. The Labute approximate surface area is 120 Å². The third-order valence-electron chi connectivity index (χ3n) is 4.45. The topological polar surface area (TPSA) is 57.2 Å². The lowest BCUT2D eigenvalue weighted by atomic mass is 9.80. The van der Waals surface area contributed by atoms with E-state index in [1.165, 1.54) is 25.3 Å². The third-order valence-corrected chi connectivity index (χ3v) is 4.45. The summed E-state index contributed by atoms with van der Waals surface area (Å²) in [5, 5.41) is 0. The van der Waals surface area contributed by atoms with Crippen LogP contribution in [-0.4, -0.2) is 17.3 Å². The molecule has 0 amide bonds. The molecule has 0 aromatic carbocycles. The van der Waals surface area contributed by atoms with Gasteiger partial charge < -0.3 is 15.0 Å². The first kappa shape index (κ1) is 15.1. The lowest BCUT2D eigenvalue weighted by Gasteiger charge is -2.32. The Kier molecular flexibility index (Phi) is 5.24. The molecule has 0 bridgehead atoms. The van der Waals surface area contributed by atoms with Gasteiger partial charge in [-0.1, -0.05) is 13.8 Å². The van der Waals surface area contributed by atoms with E-state index in [2.05, 4.69) is 13.8 Å². The minimum atomic E-state index is -0.000636. The van der Waals surface area contributed by atoms with E-state index < -0.39 is 0 Å². The number of hydrogen-bond donors (Lipinski definition) is 1. The first-order chi connectivity index (χ1) is 9.56. The molecule has 1 saturated carbocycles. The second-order valence-electron chi connectivity index (χ2n) is 6.11. The molecular formula is C16H26N2O2. The molecule has 1 aliphatic carbocycles. The maximum absolute atomic E-state index is 11.6. The minimum Gasteiger partial charge on any atom is -0.398 e. The van der Waals surface area contributed by atoms with Crippen LogP contribution in [0.1, 0.15) is 39.5 Å². The van der Waals surface area contributed by atoms with E-state index in [0.717, 1.165) is 18.3 Å². The van der Waals surface area contributed by atoms with Crippen molar-refractivity contribution in [3.63, 3.8) is 0 Å². The molecular weight excluding hydrogens is 252 g/mol. The Bertz CT molecular complexity index is 484. The van der Waals surface area contributed by atoms with Crippen LogP contribution in [0.4, 0.5) is 5.69 Å². The van der Waals surface area contributed by atoms with Gasteiger partial charge in [-0.2, -0.15) is 0 Å². The van der Waals surface area contributed by atoms with Crippen molar-refractivity contribution < 1.29 is 4.74 Å². The van der Waals surface area contributed by atoms with Crippen LogP contribution in [0.5, 0.6) is 0 Å². The summed E-state index contributed by atoms with van der Waals surface area (Å²) in [7, 11) is 0. The van der Waals surface area contributed by atoms with E-state index in [-0.39, 0.29) is 5.56 Å². The molecule has 1 aromatic rings. The van der Waals surface area contributed by atoms with E-state index in [0.29, 0.717) is 24.9 Å². The Balaban J connectivity index is 1.71. The molecule has 20 heavy (non-hydrogen) atoms. The number of nitrogens with two attached hydrogens (primary N) is 1. The van der Waals surface area contributed by atoms with Crippen molar-refractivity contribution in [1.29, 1.82) is 0 Å². The van der Waals surface area contributed by atoms with Crippen LogP contribution >= 0.6 is 0 Å². The summed E-state index contributed by atoms with van der Waals surface area (Å²) < 4.78 is 7.60. The molecule has 4 heteroatoms. The van der Waals surface area contributed by atoms with Crippen LogP contribution in [0.25, 0.3) is 0 Å². The maximum Gasteiger partial charge on any atom is 0.250 e. The highest BCUT2D eigenvalue weighted by Crippen LogP contribution is 2.30. The second kappa shape index (κ2) is 6.93. The maximum atomic E-state index is 11.6. The number of anilines is 1. The fourth-order valence-electron chi connectivity index (χ4n) is 2.86. The number of aromatic nitrogens is 1.